The molecule has 218 valence electrons. The van der Waals surface area contributed by atoms with Crippen molar-refractivity contribution in [1.29, 1.82) is 0 Å². The zero-order valence-corrected chi connectivity index (χ0v) is 24.4. The summed E-state index contributed by atoms with van der Waals surface area (Å²) in [5, 5.41) is 7.57. The Labute approximate surface area is 251 Å². The van der Waals surface area contributed by atoms with Gasteiger partial charge < -0.3 is 25.0 Å². The molecule has 0 saturated heterocycles. The Balaban J connectivity index is 1.48. The van der Waals surface area contributed by atoms with Crippen LogP contribution < -0.4 is 20.5 Å². The molecular formula is C36H35N3O4. The Morgan fingerprint density at radius 2 is 1.56 bits per heavy atom. The summed E-state index contributed by atoms with van der Waals surface area (Å²) in [7, 11) is 0. The molecule has 0 bridgehead atoms. The second-order valence-corrected chi connectivity index (χ2v) is 11.1. The van der Waals surface area contributed by atoms with E-state index in [2.05, 4.69) is 36.5 Å². The number of nitrogens with one attached hydrogen (secondary N) is 1. The maximum Gasteiger partial charge on any atom is 0.271 e. The van der Waals surface area contributed by atoms with Crippen molar-refractivity contribution in [2.45, 2.75) is 45.9 Å². The Hall–Kier alpha value is -4.88. The summed E-state index contributed by atoms with van der Waals surface area (Å²) in [5.74, 6) is 1.20. The van der Waals surface area contributed by atoms with Crippen LogP contribution in [0.1, 0.15) is 58.1 Å². The molecule has 0 saturated carbocycles. The van der Waals surface area contributed by atoms with Crippen LogP contribution >= 0.6 is 0 Å². The molecule has 2 heterocycles. The maximum absolute atomic E-state index is 12.6. The van der Waals surface area contributed by atoms with Gasteiger partial charge in [0.1, 0.15) is 24.7 Å². The minimum Gasteiger partial charge on any atom is -0.488 e. The summed E-state index contributed by atoms with van der Waals surface area (Å²) in [5.41, 5.74) is 13.5. The summed E-state index contributed by atoms with van der Waals surface area (Å²) in [4.78, 5) is 12.6. The average molecular weight is 574 g/mol. The van der Waals surface area contributed by atoms with Crippen molar-refractivity contribution in [2.24, 2.45) is 5.73 Å². The van der Waals surface area contributed by atoms with Crippen LogP contribution in [0, 0.1) is 0 Å². The molecule has 0 atom stereocenters. The summed E-state index contributed by atoms with van der Waals surface area (Å²) >= 11 is 0. The predicted molar refractivity (Wildman–Crippen MR) is 167 cm³/mol. The predicted octanol–water partition coefficient (Wildman–Crippen LogP) is 7.03. The molecule has 4 aromatic carbocycles. The Morgan fingerprint density at radius 1 is 0.884 bits per heavy atom. The first kappa shape index (κ1) is 28.2. The molecule has 5 aromatic rings. The van der Waals surface area contributed by atoms with E-state index in [4.69, 9.17) is 19.7 Å². The van der Waals surface area contributed by atoms with Gasteiger partial charge in [0, 0.05) is 12.6 Å². The second-order valence-electron chi connectivity index (χ2n) is 11.1. The van der Waals surface area contributed by atoms with Crippen molar-refractivity contribution >= 4 is 5.91 Å². The van der Waals surface area contributed by atoms with Crippen LogP contribution in [0.3, 0.4) is 0 Å². The van der Waals surface area contributed by atoms with Gasteiger partial charge >= 0.3 is 0 Å². The maximum atomic E-state index is 12.6. The number of fused-ring (bicyclic) bond motifs is 1. The Morgan fingerprint density at radius 3 is 2.21 bits per heavy atom. The van der Waals surface area contributed by atoms with Crippen LogP contribution in [0.5, 0.6) is 11.5 Å². The van der Waals surface area contributed by atoms with Crippen LogP contribution in [-0.4, -0.2) is 17.6 Å². The standard InChI is InChI=1S/C36H35N3O4/c1-23(2)29-18-30(35-33(34(36(37)40)39-43-35)27-13-14-28-20-38-16-15-26(28)17-27)32(42-22-25-11-7-4-8-12-25)19-31(29)41-21-24-9-5-3-6-10-24/h3-14,17-19,23,38H,15-16,20-22H2,1-2H3,(H2,37,40). The van der Waals surface area contributed by atoms with E-state index in [1.54, 1.807) is 0 Å². The SMILES string of the molecule is CC(C)c1cc(-c2onc(C(N)=O)c2-c2ccc3c(c2)CCNC3)c(OCc2ccccc2)cc1OCc1ccccc1. The molecule has 1 amide bonds. The molecule has 0 unspecified atom stereocenters. The minimum atomic E-state index is -0.650. The van der Waals surface area contributed by atoms with Crippen molar-refractivity contribution in [3.8, 4) is 33.9 Å². The molecule has 0 aliphatic carbocycles. The number of nitrogens with two attached hydrogens (primary N) is 1. The number of hydrogen-bond donors (Lipinski definition) is 2. The summed E-state index contributed by atoms with van der Waals surface area (Å²) < 4.78 is 18.8. The van der Waals surface area contributed by atoms with E-state index >= 15 is 0 Å². The highest BCUT2D eigenvalue weighted by Gasteiger charge is 2.28. The van der Waals surface area contributed by atoms with Gasteiger partial charge in [-0.1, -0.05) is 97.9 Å². The van der Waals surface area contributed by atoms with Gasteiger partial charge in [0.25, 0.3) is 5.91 Å². The molecule has 0 fully saturated rings. The highest BCUT2D eigenvalue weighted by Crippen LogP contribution is 2.44. The number of hydrogen-bond acceptors (Lipinski definition) is 6. The lowest BCUT2D eigenvalue weighted by Crippen LogP contribution is -2.23. The number of carbonyl (C=O) groups is 1. The highest BCUT2D eigenvalue weighted by molar-refractivity contribution is 6.02. The monoisotopic (exact) mass is 573 g/mol. The van der Waals surface area contributed by atoms with Crippen LogP contribution in [0.2, 0.25) is 0 Å². The molecule has 6 rings (SSSR count). The zero-order chi connectivity index (χ0) is 29.8. The van der Waals surface area contributed by atoms with E-state index in [1.807, 2.05) is 78.9 Å². The Kier molecular flexibility index (Phi) is 8.24. The number of amides is 1. The third-order valence-electron chi connectivity index (χ3n) is 7.76. The molecule has 0 radical (unpaired) electrons. The average Bonchev–Trinajstić information content (AvgIpc) is 3.49. The summed E-state index contributed by atoms with van der Waals surface area (Å²) in [6, 6.07) is 30.2. The summed E-state index contributed by atoms with van der Waals surface area (Å²) in [6.45, 7) is 6.70. The quantitative estimate of drug-likeness (QED) is 0.186. The lowest BCUT2D eigenvalue weighted by atomic mass is 9.91. The van der Waals surface area contributed by atoms with Crippen molar-refractivity contribution in [3.63, 3.8) is 0 Å². The van der Waals surface area contributed by atoms with Crippen molar-refractivity contribution in [2.75, 3.05) is 6.54 Å². The third kappa shape index (κ3) is 6.17. The molecule has 1 aliphatic rings. The number of benzene rings is 4. The van der Waals surface area contributed by atoms with E-state index in [1.165, 1.54) is 11.1 Å². The fourth-order valence-corrected chi connectivity index (χ4v) is 5.46. The van der Waals surface area contributed by atoms with Gasteiger partial charge in [-0.2, -0.15) is 0 Å². The number of aromatic nitrogens is 1. The summed E-state index contributed by atoms with van der Waals surface area (Å²) in [6.07, 6.45) is 0.895. The number of rotatable bonds is 10. The van der Waals surface area contributed by atoms with Gasteiger partial charge in [-0.3, -0.25) is 4.79 Å². The van der Waals surface area contributed by atoms with Crippen molar-refractivity contribution in [3.05, 3.63) is 125 Å². The van der Waals surface area contributed by atoms with Gasteiger partial charge in [-0.05, 0) is 58.3 Å². The lowest BCUT2D eigenvalue weighted by Gasteiger charge is -2.20. The first-order chi connectivity index (χ1) is 21.0. The molecule has 43 heavy (non-hydrogen) atoms. The third-order valence-corrected chi connectivity index (χ3v) is 7.76. The first-order valence-corrected chi connectivity index (χ1v) is 14.6. The second kappa shape index (κ2) is 12.5. The van der Waals surface area contributed by atoms with Crippen LogP contribution in [0.4, 0.5) is 0 Å². The largest absolute Gasteiger partial charge is 0.488 e. The van der Waals surface area contributed by atoms with Crippen LogP contribution in [0.15, 0.2) is 95.5 Å². The highest BCUT2D eigenvalue weighted by atomic mass is 16.5. The molecule has 7 nitrogen and oxygen atoms in total. The molecule has 0 spiro atoms. The van der Waals surface area contributed by atoms with Gasteiger partial charge in [0.2, 0.25) is 0 Å². The van der Waals surface area contributed by atoms with Gasteiger partial charge in [0.15, 0.2) is 11.5 Å². The van der Waals surface area contributed by atoms with E-state index in [-0.39, 0.29) is 11.6 Å². The van der Waals surface area contributed by atoms with Gasteiger partial charge in [0.05, 0.1) is 11.1 Å². The van der Waals surface area contributed by atoms with Crippen molar-refractivity contribution in [1.82, 2.24) is 10.5 Å². The van der Waals surface area contributed by atoms with E-state index in [0.29, 0.717) is 35.9 Å². The fourth-order valence-electron chi connectivity index (χ4n) is 5.46. The van der Waals surface area contributed by atoms with Crippen molar-refractivity contribution < 1.29 is 18.8 Å². The molecular weight excluding hydrogens is 538 g/mol. The van der Waals surface area contributed by atoms with E-state index in [0.717, 1.165) is 47.5 Å². The van der Waals surface area contributed by atoms with Crippen LogP contribution in [0.25, 0.3) is 22.5 Å². The Bertz CT molecular complexity index is 1730. The first-order valence-electron chi connectivity index (χ1n) is 14.6. The van der Waals surface area contributed by atoms with Crippen LogP contribution in [-0.2, 0) is 26.2 Å². The molecule has 3 N–H and O–H groups in total. The zero-order valence-electron chi connectivity index (χ0n) is 24.4. The van der Waals surface area contributed by atoms with Gasteiger partial charge in [-0.25, -0.2) is 0 Å². The molecule has 1 aromatic heterocycles. The van der Waals surface area contributed by atoms with E-state index in [9.17, 15) is 4.79 Å². The van der Waals surface area contributed by atoms with E-state index < -0.39 is 5.91 Å². The number of nitrogens with zero attached hydrogens (tertiary/aromatic N) is 1. The molecule has 1 aliphatic heterocycles. The fraction of sp³-hybridized carbons (Fsp3) is 0.222. The molecule has 7 heteroatoms. The number of carbonyl (C=O) groups excluding carboxylic acids is 1. The lowest BCUT2D eigenvalue weighted by molar-refractivity contribution is 0.0992. The number of ether oxygens (including phenoxy) is 2. The minimum absolute atomic E-state index is 0.0911. The van der Waals surface area contributed by atoms with Gasteiger partial charge in [-0.15, -0.1) is 0 Å². The topological polar surface area (TPSA) is 99.6 Å². The normalized spacial score (nSPS) is 12.6. The number of primary amides is 1. The smallest absolute Gasteiger partial charge is 0.271 e.